The van der Waals surface area contributed by atoms with E-state index in [9.17, 15) is 8.42 Å². The summed E-state index contributed by atoms with van der Waals surface area (Å²) in [5.74, 6) is 0. The summed E-state index contributed by atoms with van der Waals surface area (Å²) in [5.41, 5.74) is 5.91. The summed E-state index contributed by atoms with van der Waals surface area (Å²) >= 11 is 0. The number of aliphatic hydroxyl groups is 1. The molecule has 0 aromatic heterocycles. The van der Waals surface area contributed by atoms with Gasteiger partial charge in [-0.3, -0.25) is 0 Å². The van der Waals surface area contributed by atoms with Crippen LogP contribution in [0.25, 0.3) is 0 Å². The second kappa shape index (κ2) is 3.87. The lowest BCUT2D eigenvalue weighted by atomic mass is 10.1. The molecule has 13 heavy (non-hydrogen) atoms. The van der Waals surface area contributed by atoms with Crippen molar-refractivity contribution in [3.8, 4) is 0 Å². The number of thiol groups is 1. The Morgan fingerprint density at radius 2 is 1.85 bits per heavy atom. The summed E-state index contributed by atoms with van der Waals surface area (Å²) in [7, 11) is -2.89. The third kappa shape index (κ3) is 1.88. The molecule has 0 amide bonds. The SMILES string of the molecule is NC(CO)(c1ccccc1)[SH](=O)=O. The van der Waals surface area contributed by atoms with Crippen molar-refractivity contribution >= 4 is 10.7 Å². The van der Waals surface area contributed by atoms with Gasteiger partial charge in [-0.05, 0) is 5.56 Å². The molecule has 1 atom stereocenters. The van der Waals surface area contributed by atoms with E-state index in [-0.39, 0.29) is 0 Å². The monoisotopic (exact) mass is 201 g/mol. The Hall–Kier alpha value is -0.910. The van der Waals surface area contributed by atoms with Crippen LogP contribution in [0, 0.1) is 0 Å². The highest BCUT2D eigenvalue weighted by Crippen LogP contribution is 2.17. The van der Waals surface area contributed by atoms with Gasteiger partial charge in [-0.15, -0.1) is 0 Å². The molecular formula is C8H11NO3S. The zero-order valence-corrected chi connectivity index (χ0v) is 7.78. The maximum Gasteiger partial charge on any atom is 0.165 e. The predicted octanol–water partition coefficient (Wildman–Crippen LogP) is -0.598. The zero-order valence-electron chi connectivity index (χ0n) is 6.88. The molecule has 1 aromatic rings. The molecule has 0 aliphatic rings. The van der Waals surface area contributed by atoms with E-state index in [2.05, 4.69) is 0 Å². The Kier molecular flexibility index (Phi) is 3.02. The molecule has 0 fully saturated rings. The number of hydrogen-bond donors (Lipinski definition) is 3. The molecule has 72 valence electrons. The highest BCUT2D eigenvalue weighted by atomic mass is 32.2. The van der Waals surface area contributed by atoms with Crippen molar-refractivity contribution in [1.29, 1.82) is 0 Å². The first-order valence-corrected chi connectivity index (χ1v) is 4.89. The molecule has 0 saturated carbocycles. The van der Waals surface area contributed by atoms with Gasteiger partial charge in [-0.1, -0.05) is 30.3 Å². The average Bonchev–Trinajstić information content (AvgIpc) is 2.17. The van der Waals surface area contributed by atoms with E-state index in [0.717, 1.165) is 0 Å². The number of benzene rings is 1. The van der Waals surface area contributed by atoms with Crippen LogP contribution in [0.2, 0.25) is 0 Å². The standard InChI is InChI=1S/C8H11NO3S/c9-8(6-10,13(11)12)7-4-2-1-3-5-7/h1-5,10,13H,6,9H2. The van der Waals surface area contributed by atoms with Gasteiger partial charge < -0.3 is 10.8 Å². The van der Waals surface area contributed by atoms with Crippen molar-refractivity contribution in [2.75, 3.05) is 6.61 Å². The Morgan fingerprint density at radius 1 is 1.31 bits per heavy atom. The number of nitrogens with two attached hydrogens (primary N) is 1. The first-order chi connectivity index (χ1) is 6.11. The van der Waals surface area contributed by atoms with Gasteiger partial charge in [0.15, 0.2) is 15.6 Å². The van der Waals surface area contributed by atoms with Crippen LogP contribution in [0.3, 0.4) is 0 Å². The molecule has 1 unspecified atom stereocenters. The normalized spacial score (nSPS) is 15.6. The third-order valence-corrected chi connectivity index (χ3v) is 2.89. The van der Waals surface area contributed by atoms with E-state index in [0.29, 0.717) is 5.56 Å². The summed E-state index contributed by atoms with van der Waals surface area (Å²) in [5, 5.41) is 8.90. The van der Waals surface area contributed by atoms with Crippen LogP contribution in [0.15, 0.2) is 30.3 Å². The van der Waals surface area contributed by atoms with Crippen molar-refractivity contribution < 1.29 is 13.5 Å². The maximum atomic E-state index is 10.8. The van der Waals surface area contributed by atoms with E-state index in [1.165, 1.54) is 0 Å². The van der Waals surface area contributed by atoms with Crippen LogP contribution in [0.5, 0.6) is 0 Å². The van der Waals surface area contributed by atoms with Gasteiger partial charge in [0.1, 0.15) is 0 Å². The third-order valence-electron chi connectivity index (χ3n) is 1.84. The minimum Gasteiger partial charge on any atom is -0.393 e. The predicted molar refractivity (Wildman–Crippen MR) is 49.7 cm³/mol. The van der Waals surface area contributed by atoms with Gasteiger partial charge >= 0.3 is 0 Å². The number of aliphatic hydroxyl groups excluding tert-OH is 1. The summed E-state index contributed by atoms with van der Waals surface area (Å²) in [6.07, 6.45) is 0. The minimum absolute atomic E-state index is 0.397. The molecule has 0 aliphatic carbocycles. The fourth-order valence-electron chi connectivity index (χ4n) is 0.981. The van der Waals surface area contributed by atoms with E-state index >= 15 is 0 Å². The largest absolute Gasteiger partial charge is 0.393 e. The van der Waals surface area contributed by atoms with Crippen molar-refractivity contribution in [2.24, 2.45) is 5.73 Å². The fourth-order valence-corrected chi connectivity index (χ4v) is 1.46. The zero-order chi connectivity index (χ0) is 9.90. The Balaban J connectivity index is 3.18. The second-order valence-electron chi connectivity index (χ2n) is 2.71. The van der Waals surface area contributed by atoms with Crippen molar-refractivity contribution in [3.05, 3.63) is 35.9 Å². The van der Waals surface area contributed by atoms with E-state index < -0.39 is 22.2 Å². The van der Waals surface area contributed by atoms with E-state index in [1.54, 1.807) is 30.3 Å². The van der Waals surface area contributed by atoms with Gasteiger partial charge in [-0.25, -0.2) is 8.42 Å². The summed E-state index contributed by atoms with van der Waals surface area (Å²) < 4.78 is 21.6. The van der Waals surface area contributed by atoms with Crippen LogP contribution in [0.1, 0.15) is 5.56 Å². The highest BCUT2D eigenvalue weighted by molar-refractivity contribution is 7.73. The fraction of sp³-hybridized carbons (Fsp3) is 0.250. The topological polar surface area (TPSA) is 80.4 Å². The molecule has 0 radical (unpaired) electrons. The molecule has 0 spiro atoms. The van der Waals surface area contributed by atoms with Gasteiger partial charge in [0, 0.05) is 0 Å². The Bertz CT molecular complexity index is 342. The first kappa shape index (κ1) is 10.2. The van der Waals surface area contributed by atoms with Crippen LogP contribution >= 0.6 is 0 Å². The number of hydrogen-bond acceptors (Lipinski definition) is 4. The molecule has 3 N–H and O–H groups in total. The van der Waals surface area contributed by atoms with Gasteiger partial charge in [0.25, 0.3) is 0 Å². The van der Waals surface area contributed by atoms with Crippen molar-refractivity contribution in [3.63, 3.8) is 0 Å². The highest BCUT2D eigenvalue weighted by Gasteiger charge is 2.29. The number of rotatable bonds is 3. The van der Waals surface area contributed by atoms with Crippen LogP contribution in [-0.2, 0) is 15.6 Å². The Morgan fingerprint density at radius 3 is 2.23 bits per heavy atom. The molecule has 1 aromatic carbocycles. The van der Waals surface area contributed by atoms with Crippen LogP contribution < -0.4 is 5.73 Å². The van der Waals surface area contributed by atoms with Gasteiger partial charge in [0.05, 0.1) is 6.61 Å². The van der Waals surface area contributed by atoms with Crippen molar-refractivity contribution in [2.45, 2.75) is 4.87 Å². The summed E-state index contributed by atoms with van der Waals surface area (Å²) in [6.45, 7) is -0.615. The van der Waals surface area contributed by atoms with E-state index in [4.69, 9.17) is 10.8 Å². The molecule has 4 nitrogen and oxygen atoms in total. The quantitative estimate of drug-likeness (QED) is 0.571. The van der Waals surface area contributed by atoms with Gasteiger partial charge in [0.2, 0.25) is 0 Å². The Labute approximate surface area is 78.0 Å². The minimum atomic E-state index is -2.89. The molecule has 5 heteroatoms. The summed E-state index contributed by atoms with van der Waals surface area (Å²) in [4.78, 5) is -1.66. The molecule has 0 saturated heterocycles. The van der Waals surface area contributed by atoms with Crippen molar-refractivity contribution in [1.82, 2.24) is 0 Å². The van der Waals surface area contributed by atoms with Crippen LogP contribution in [-0.4, -0.2) is 20.1 Å². The first-order valence-electron chi connectivity index (χ1n) is 3.71. The molecular weight excluding hydrogens is 190 g/mol. The lowest BCUT2D eigenvalue weighted by molar-refractivity contribution is 0.246. The molecule has 1 rings (SSSR count). The average molecular weight is 201 g/mol. The van der Waals surface area contributed by atoms with Gasteiger partial charge in [-0.2, -0.15) is 0 Å². The maximum absolute atomic E-state index is 10.8. The smallest absolute Gasteiger partial charge is 0.165 e. The van der Waals surface area contributed by atoms with Crippen LogP contribution in [0.4, 0.5) is 0 Å². The lowest BCUT2D eigenvalue weighted by Gasteiger charge is -2.20. The second-order valence-corrected chi connectivity index (χ2v) is 4.02. The molecule has 0 aliphatic heterocycles. The summed E-state index contributed by atoms with van der Waals surface area (Å²) in [6, 6.07) is 8.23. The molecule has 0 bridgehead atoms. The molecule has 0 heterocycles. The van der Waals surface area contributed by atoms with E-state index in [1.807, 2.05) is 0 Å². The lowest BCUT2D eigenvalue weighted by Crippen LogP contribution is -2.41.